The highest BCUT2D eigenvalue weighted by Gasteiger charge is 2.20. The van der Waals surface area contributed by atoms with E-state index in [0.717, 1.165) is 19.4 Å². The van der Waals surface area contributed by atoms with Gasteiger partial charge in [-0.3, -0.25) is 4.21 Å². The van der Waals surface area contributed by atoms with E-state index in [0.29, 0.717) is 17.4 Å². The van der Waals surface area contributed by atoms with Gasteiger partial charge in [-0.25, -0.2) is 0 Å². The van der Waals surface area contributed by atoms with Crippen molar-refractivity contribution in [1.82, 2.24) is 0 Å². The van der Waals surface area contributed by atoms with Crippen LogP contribution in [0.25, 0.3) is 0 Å². The standard InChI is InChI=1S/C10H21NO2S/c1-8(2)10(11)7-14(12)6-9-4-3-5-13-9/h8-10H,3-7,11H2,1-2H3. The highest BCUT2D eigenvalue weighted by atomic mass is 32.2. The van der Waals surface area contributed by atoms with E-state index in [9.17, 15) is 4.21 Å². The van der Waals surface area contributed by atoms with Gasteiger partial charge >= 0.3 is 0 Å². The van der Waals surface area contributed by atoms with Crippen LogP contribution in [0.2, 0.25) is 0 Å². The lowest BCUT2D eigenvalue weighted by Crippen LogP contribution is -2.34. The van der Waals surface area contributed by atoms with E-state index in [4.69, 9.17) is 10.5 Å². The van der Waals surface area contributed by atoms with E-state index in [1.54, 1.807) is 0 Å². The Hall–Kier alpha value is 0.0700. The summed E-state index contributed by atoms with van der Waals surface area (Å²) in [6, 6.07) is 0.0530. The molecule has 1 aliphatic rings. The molecule has 1 aliphatic heterocycles. The maximum atomic E-state index is 11.7. The molecule has 4 heteroatoms. The van der Waals surface area contributed by atoms with Crippen LogP contribution in [0.5, 0.6) is 0 Å². The SMILES string of the molecule is CC(C)C(N)CS(=O)CC1CCCO1. The van der Waals surface area contributed by atoms with Crippen LogP contribution in [0, 0.1) is 5.92 Å². The summed E-state index contributed by atoms with van der Waals surface area (Å²) in [5.74, 6) is 1.68. The Morgan fingerprint density at radius 2 is 2.29 bits per heavy atom. The molecule has 84 valence electrons. The summed E-state index contributed by atoms with van der Waals surface area (Å²) in [4.78, 5) is 0. The zero-order valence-corrected chi connectivity index (χ0v) is 9.89. The Balaban J connectivity index is 2.21. The minimum absolute atomic E-state index is 0.0530. The fourth-order valence-electron chi connectivity index (χ4n) is 1.46. The molecule has 0 saturated carbocycles. The second-order valence-corrected chi connectivity index (χ2v) is 5.86. The largest absolute Gasteiger partial charge is 0.377 e. The third kappa shape index (κ3) is 4.07. The molecule has 1 saturated heterocycles. The van der Waals surface area contributed by atoms with Gasteiger partial charge in [-0.15, -0.1) is 0 Å². The van der Waals surface area contributed by atoms with Crippen molar-refractivity contribution in [2.45, 2.75) is 38.8 Å². The fourth-order valence-corrected chi connectivity index (χ4v) is 3.09. The second-order valence-electron chi connectivity index (χ2n) is 4.32. The molecule has 3 atom stereocenters. The minimum Gasteiger partial charge on any atom is -0.377 e. The smallest absolute Gasteiger partial charge is 0.0691 e. The van der Waals surface area contributed by atoms with Gasteiger partial charge in [-0.2, -0.15) is 0 Å². The van der Waals surface area contributed by atoms with Gasteiger partial charge in [-0.1, -0.05) is 13.8 Å². The van der Waals surface area contributed by atoms with E-state index in [2.05, 4.69) is 13.8 Å². The molecule has 1 rings (SSSR count). The minimum atomic E-state index is -0.811. The first kappa shape index (κ1) is 12.1. The van der Waals surface area contributed by atoms with Crippen LogP contribution >= 0.6 is 0 Å². The third-order valence-corrected chi connectivity index (χ3v) is 4.13. The summed E-state index contributed by atoms with van der Waals surface area (Å²) in [6.45, 7) is 4.96. The highest BCUT2D eigenvalue weighted by molar-refractivity contribution is 7.85. The molecular formula is C10H21NO2S. The lowest BCUT2D eigenvalue weighted by Gasteiger charge is -2.16. The van der Waals surface area contributed by atoms with Gasteiger partial charge in [0.1, 0.15) is 0 Å². The van der Waals surface area contributed by atoms with Gasteiger partial charge in [0.05, 0.1) is 6.10 Å². The summed E-state index contributed by atoms with van der Waals surface area (Å²) in [5.41, 5.74) is 5.86. The molecule has 0 spiro atoms. The second kappa shape index (κ2) is 5.83. The van der Waals surface area contributed by atoms with Gasteiger partial charge in [0.15, 0.2) is 0 Å². The maximum absolute atomic E-state index is 11.7. The van der Waals surface area contributed by atoms with Gasteiger partial charge in [0.2, 0.25) is 0 Å². The van der Waals surface area contributed by atoms with Crippen LogP contribution in [0.3, 0.4) is 0 Å². The van der Waals surface area contributed by atoms with Crippen LogP contribution in [-0.4, -0.2) is 34.5 Å². The molecule has 0 aromatic carbocycles. The number of nitrogens with two attached hydrogens (primary N) is 1. The molecule has 3 unspecified atom stereocenters. The molecule has 0 amide bonds. The zero-order valence-electron chi connectivity index (χ0n) is 9.07. The van der Waals surface area contributed by atoms with E-state index in [-0.39, 0.29) is 12.1 Å². The molecule has 1 heterocycles. The topological polar surface area (TPSA) is 52.3 Å². The first-order valence-electron chi connectivity index (χ1n) is 5.31. The normalized spacial score (nSPS) is 26.7. The zero-order chi connectivity index (χ0) is 10.6. The number of rotatable bonds is 5. The highest BCUT2D eigenvalue weighted by Crippen LogP contribution is 2.13. The predicted octanol–water partition coefficient (Wildman–Crippen LogP) is 0.897. The summed E-state index contributed by atoms with van der Waals surface area (Å²) in [5, 5.41) is 0. The summed E-state index contributed by atoms with van der Waals surface area (Å²) >= 11 is 0. The van der Waals surface area contributed by atoms with Crippen molar-refractivity contribution in [3.05, 3.63) is 0 Å². The summed E-state index contributed by atoms with van der Waals surface area (Å²) < 4.78 is 17.1. The number of hydrogen-bond acceptors (Lipinski definition) is 3. The van der Waals surface area contributed by atoms with Crippen molar-refractivity contribution in [3.8, 4) is 0 Å². The van der Waals surface area contributed by atoms with Crippen molar-refractivity contribution in [3.63, 3.8) is 0 Å². The van der Waals surface area contributed by atoms with Gasteiger partial charge in [0.25, 0.3) is 0 Å². The average Bonchev–Trinajstić information content (AvgIpc) is 2.56. The van der Waals surface area contributed by atoms with Gasteiger partial charge in [-0.05, 0) is 18.8 Å². The number of ether oxygens (including phenoxy) is 1. The monoisotopic (exact) mass is 219 g/mol. The Bertz CT molecular complexity index is 185. The first-order chi connectivity index (χ1) is 6.59. The van der Waals surface area contributed by atoms with E-state index < -0.39 is 10.8 Å². The van der Waals surface area contributed by atoms with Crippen LogP contribution in [0.15, 0.2) is 0 Å². The Morgan fingerprint density at radius 1 is 1.57 bits per heavy atom. The molecule has 0 aromatic heterocycles. The van der Waals surface area contributed by atoms with Crippen molar-refractivity contribution < 1.29 is 8.95 Å². The van der Waals surface area contributed by atoms with E-state index >= 15 is 0 Å². The lowest BCUT2D eigenvalue weighted by atomic mass is 10.1. The van der Waals surface area contributed by atoms with E-state index in [1.165, 1.54) is 0 Å². The van der Waals surface area contributed by atoms with E-state index in [1.807, 2.05) is 0 Å². The van der Waals surface area contributed by atoms with Crippen molar-refractivity contribution in [1.29, 1.82) is 0 Å². The molecule has 3 nitrogen and oxygen atoms in total. The first-order valence-corrected chi connectivity index (χ1v) is 6.80. The predicted molar refractivity (Wildman–Crippen MR) is 59.7 cm³/mol. The summed E-state index contributed by atoms with van der Waals surface area (Å²) in [7, 11) is -0.811. The number of hydrogen-bond donors (Lipinski definition) is 1. The maximum Gasteiger partial charge on any atom is 0.0691 e. The molecule has 1 fully saturated rings. The van der Waals surface area contributed by atoms with Gasteiger partial charge in [0, 0.05) is 35.0 Å². The fraction of sp³-hybridized carbons (Fsp3) is 1.00. The van der Waals surface area contributed by atoms with Crippen LogP contribution < -0.4 is 5.73 Å². The van der Waals surface area contributed by atoms with Crippen LogP contribution in [0.4, 0.5) is 0 Å². The Labute approximate surface area is 88.8 Å². The molecule has 0 aliphatic carbocycles. The lowest BCUT2D eigenvalue weighted by molar-refractivity contribution is 0.128. The van der Waals surface area contributed by atoms with Crippen molar-refractivity contribution >= 4 is 10.8 Å². The van der Waals surface area contributed by atoms with Crippen molar-refractivity contribution in [2.75, 3.05) is 18.1 Å². The van der Waals surface area contributed by atoms with Crippen LogP contribution in [0.1, 0.15) is 26.7 Å². The summed E-state index contributed by atoms with van der Waals surface area (Å²) in [6.07, 6.45) is 2.39. The molecule has 0 radical (unpaired) electrons. The van der Waals surface area contributed by atoms with Crippen molar-refractivity contribution in [2.24, 2.45) is 11.7 Å². The average molecular weight is 219 g/mol. The Morgan fingerprint density at radius 3 is 2.79 bits per heavy atom. The third-order valence-electron chi connectivity index (χ3n) is 2.63. The van der Waals surface area contributed by atoms with Crippen LogP contribution in [-0.2, 0) is 15.5 Å². The molecule has 0 aromatic rings. The Kier molecular flexibility index (Phi) is 5.06. The van der Waals surface area contributed by atoms with Gasteiger partial charge < -0.3 is 10.5 Å². The molecule has 2 N–H and O–H groups in total. The molecular weight excluding hydrogens is 198 g/mol. The quantitative estimate of drug-likeness (QED) is 0.747. The molecule has 0 bridgehead atoms. The molecule has 14 heavy (non-hydrogen) atoms.